The summed E-state index contributed by atoms with van der Waals surface area (Å²) in [6.07, 6.45) is 1.75. The fourth-order valence-electron chi connectivity index (χ4n) is 2.50. The van der Waals surface area contributed by atoms with Gasteiger partial charge in [-0.15, -0.1) is 11.3 Å². The third-order valence-corrected chi connectivity index (χ3v) is 4.84. The standard InChI is InChI=1S/C17H21NO3S/c1-4-7-12-11-8-5-6-9-13(11)22-15(12)16(19)18-14(10(2)3)17(20)21/h5-6,8-10,14H,4,7H2,1-3H3,(H,18,19)(H,20,21). The zero-order valence-corrected chi connectivity index (χ0v) is 13.9. The SMILES string of the molecule is CCCc1c(C(=O)NC(C(=O)O)C(C)C)sc2ccccc12. The Balaban J connectivity index is 2.38. The number of hydrogen-bond donors (Lipinski definition) is 2. The number of thiophene rings is 1. The molecule has 0 aliphatic carbocycles. The lowest BCUT2D eigenvalue weighted by Crippen LogP contribution is -2.44. The van der Waals surface area contributed by atoms with Gasteiger partial charge in [0.1, 0.15) is 6.04 Å². The molecule has 0 saturated heterocycles. The van der Waals surface area contributed by atoms with Gasteiger partial charge in [0.05, 0.1) is 4.88 Å². The van der Waals surface area contributed by atoms with E-state index in [0.29, 0.717) is 4.88 Å². The lowest BCUT2D eigenvalue weighted by Gasteiger charge is -2.17. The Morgan fingerprint density at radius 2 is 1.95 bits per heavy atom. The second kappa shape index (κ2) is 6.92. The van der Waals surface area contributed by atoms with Crippen LogP contribution in [0.5, 0.6) is 0 Å². The van der Waals surface area contributed by atoms with E-state index < -0.39 is 12.0 Å². The number of benzene rings is 1. The quantitative estimate of drug-likeness (QED) is 0.853. The number of aliphatic carboxylic acids is 1. The number of carbonyl (C=O) groups excluding carboxylic acids is 1. The Morgan fingerprint density at radius 3 is 2.55 bits per heavy atom. The molecule has 1 unspecified atom stereocenters. The first-order valence-electron chi connectivity index (χ1n) is 7.49. The molecule has 22 heavy (non-hydrogen) atoms. The van der Waals surface area contributed by atoms with Gasteiger partial charge in [-0.2, -0.15) is 0 Å². The monoisotopic (exact) mass is 319 g/mol. The topological polar surface area (TPSA) is 66.4 Å². The maximum atomic E-state index is 12.6. The molecule has 0 bridgehead atoms. The number of carbonyl (C=O) groups is 2. The molecule has 0 radical (unpaired) electrons. The van der Waals surface area contributed by atoms with Crippen LogP contribution in [0.25, 0.3) is 10.1 Å². The van der Waals surface area contributed by atoms with Crippen molar-refractivity contribution in [3.63, 3.8) is 0 Å². The van der Waals surface area contributed by atoms with Crippen molar-refractivity contribution in [1.29, 1.82) is 0 Å². The Hall–Kier alpha value is -1.88. The molecular weight excluding hydrogens is 298 g/mol. The average molecular weight is 319 g/mol. The minimum Gasteiger partial charge on any atom is -0.480 e. The zero-order chi connectivity index (χ0) is 16.3. The number of carboxylic acid groups (broad SMARTS) is 1. The largest absolute Gasteiger partial charge is 0.480 e. The second-order valence-electron chi connectivity index (χ2n) is 5.69. The van der Waals surface area contributed by atoms with E-state index in [2.05, 4.69) is 12.2 Å². The zero-order valence-electron chi connectivity index (χ0n) is 13.1. The van der Waals surface area contributed by atoms with Crippen molar-refractivity contribution < 1.29 is 14.7 Å². The fourth-order valence-corrected chi connectivity index (χ4v) is 3.66. The molecule has 2 rings (SSSR count). The number of carboxylic acids is 1. The molecule has 0 saturated carbocycles. The number of nitrogens with one attached hydrogen (secondary N) is 1. The summed E-state index contributed by atoms with van der Waals surface area (Å²) in [5, 5.41) is 13.0. The van der Waals surface area contributed by atoms with Gasteiger partial charge in [-0.3, -0.25) is 4.79 Å². The molecule has 1 aromatic heterocycles. The summed E-state index contributed by atoms with van der Waals surface area (Å²) in [6.45, 7) is 5.65. The first-order valence-corrected chi connectivity index (χ1v) is 8.31. The number of amides is 1. The van der Waals surface area contributed by atoms with Gasteiger partial charge in [0.15, 0.2) is 0 Å². The summed E-state index contributed by atoms with van der Waals surface area (Å²) < 4.78 is 1.06. The van der Waals surface area contributed by atoms with E-state index in [0.717, 1.165) is 28.5 Å². The maximum Gasteiger partial charge on any atom is 0.326 e. The number of rotatable bonds is 6. The Labute approximate surface area is 134 Å². The van der Waals surface area contributed by atoms with Gasteiger partial charge in [0, 0.05) is 4.70 Å². The van der Waals surface area contributed by atoms with Gasteiger partial charge >= 0.3 is 5.97 Å². The molecule has 1 amide bonds. The van der Waals surface area contributed by atoms with Crippen LogP contribution in [0.2, 0.25) is 0 Å². The second-order valence-corrected chi connectivity index (χ2v) is 6.74. The Bertz CT molecular complexity index is 690. The summed E-state index contributed by atoms with van der Waals surface area (Å²) in [5.74, 6) is -1.45. The number of hydrogen-bond acceptors (Lipinski definition) is 3. The van der Waals surface area contributed by atoms with E-state index in [1.807, 2.05) is 24.3 Å². The molecule has 0 fully saturated rings. The van der Waals surface area contributed by atoms with Crippen LogP contribution in [-0.2, 0) is 11.2 Å². The predicted molar refractivity (Wildman–Crippen MR) is 89.5 cm³/mol. The Morgan fingerprint density at radius 1 is 1.27 bits per heavy atom. The van der Waals surface area contributed by atoms with Gasteiger partial charge in [0.25, 0.3) is 5.91 Å². The molecule has 0 aliphatic heterocycles. The summed E-state index contributed by atoms with van der Waals surface area (Å²) in [5.41, 5.74) is 1.02. The van der Waals surface area contributed by atoms with Crippen LogP contribution in [0.4, 0.5) is 0 Å². The molecule has 0 spiro atoms. The first-order chi connectivity index (χ1) is 10.5. The highest BCUT2D eigenvalue weighted by Gasteiger charge is 2.26. The first kappa shape index (κ1) is 16.5. The molecule has 5 heteroatoms. The number of fused-ring (bicyclic) bond motifs is 1. The highest BCUT2D eigenvalue weighted by atomic mass is 32.1. The fraction of sp³-hybridized carbons (Fsp3) is 0.412. The van der Waals surface area contributed by atoms with Gasteiger partial charge in [-0.05, 0) is 29.4 Å². The summed E-state index contributed by atoms with van der Waals surface area (Å²) in [6, 6.07) is 7.05. The van der Waals surface area contributed by atoms with E-state index in [-0.39, 0.29) is 11.8 Å². The van der Waals surface area contributed by atoms with E-state index in [4.69, 9.17) is 0 Å². The van der Waals surface area contributed by atoms with E-state index >= 15 is 0 Å². The smallest absolute Gasteiger partial charge is 0.326 e. The molecule has 2 aromatic rings. The van der Waals surface area contributed by atoms with Crippen LogP contribution in [-0.4, -0.2) is 23.0 Å². The lowest BCUT2D eigenvalue weighted by molar-refractivity contribution is -0.140. The van der Waals surface area contributed by atoms with Crippen LogP contribution in [0.15, 0.2) is 24.3 Å². The van der Waals surface area contributed by atoms with Crippen LogP contribution in [0.1, 0.15) is 42.4 Å². The lowest BCUT2D eigenvalue weighted by atomic mass is 10.0. The van der Waals surface area contributed by atoms with Crippen molar-refractivity contribution in [3.05, 3.63) is 34.7 Å². The summed E-state index contributed by atoms with van der Waals surface area (Å²) in [4.78, 5) is 24.5. The third kappa shape index (κ3) is 3.30. The highest BCUT2D eigenvalue weighted by Crippen LogP contribution is 2.32. The average Bonchev–Trinajstić information content (AvgIpc) is 2.83. The van der Waals surface area contributed by atoms with Crippen molar-refractivity contribution in [2.75, 3.05) is 0 Å². The predicted octanol–water partition coefficient (Wildman–Crippen LogP) is 3.69. The van der Waals surface area contributed by atoms with Gasteiger partial charge < -0.3 is 10.4 Å². The van der Waals surface area contributed by atoms with Crippen LogP contribution in [0.3, 0.4) is 0 Å². The summed E-state index contributed by atoms with van der Waals surface area (Å²) in [7, 11) is 0. The van der Waals surface area contributed by atoms with Crippen molar-refractivity contribution in [1.82, 2.24) is 5.32 Å². The summed E-state index contributed by atoms with van der Waals surface area (Å²) >= 11 is 1.43. The van der Waals surface area contributed by atoms with Gasteiger partial charge in [0.2, 0.25) is 0 Å². The van der Waals surface area contributed by atoms with Crippen LogP contribution >= 0.6 is 11.3 Å². The molecule has 118 valence electrons. The van der Waals surface area contributed by atoms with E-state index in [9.17, 15) is 14.7 Å². The van der Waals surface area contributed by atoms with Gasteiger partial charge in [-0.1, -0.05) is 45.4 Å². The van der Waals surface area contributed by atoms with E-state index in [1.54, 1.807) is 13.8 Å². The van der Waals surface area contributed by atoms with Gasteiger partial charge in [-0.25, -0.2) is 4.79 Å². The van der Waals surface area contributed by atoms with E-state index in [1.165, 1.54) is 11.3 Å². The minimum atomic E-state index is -0.999. The number of aryl methyl sites for hydroxylation is 1. The molecule has 1 heterocycles. The minimum absolute atomic E-state index is 0.162. The van der Waals surface area contributed by atoms with Crippen LogP contribution in [0, 0.1) is 5.92 Å². The normalized spacial score (nSPS) is 12.5. The van der Waals surface area contributed by atoms with Crippen molar-refractivity contribution in [3.8, 4) is 0 Å². The molecule has 1 atom stereocenters. The molecule has 2 N–H and O–H groups in total. The maximum absolute atomic E-state index is 12.6. The van der Waals surface area contributed by atoms with Crippen LogP contribution < -0.4 is 5.32 Å². The highest BCUT2D eigenvalue weighted by molar-refractivity contribution is 7.21. The van der Waals surface area contributed by atoms with Crippen molar-refractivity contribution in [2.45, 2.75) is 39.7 Å². The Kier molecular flexibility index (Phi) is 5.19. The third-order valence-electron chi connectivity index (χ3n) is 3.62. The molecule has 0 aliphatic rings. The molecule has 1 aromatic carbocycles. The van der Waals surface area contributed by atoms with Crippen molar-refractivity contribution in [2.24, 2.45) is 5.92 Å². The molecular formula is C17H21NO3S. The van der Waals surface area contributed by atoms with Crippen molar-refractivity contribution >= 4 is 33.3 Å². The molecule has 4 nitrogen and oxygen atoms in total.